The Bertz CT molecular complexity index is 408. The highest BCUT2D eigenvalue weighted by atomic mass is 16.5. The Morgan fingerprint density at radius 3 is 2.61 bits per heavy atom. The van der Waals surface area contributed by atoms with E-state index in [0.29, 0.717) is 11.9 Å². The molecule has 1 aliphatic carbocycles. The molecule has 0 bridgehead atoms. The highest BCUT2D eigenvalue weighted by molar-refractivity contribution is 5.91. The van der Waals surface area contributed by atoms with Crippen LogP contribution < -0.4 is 0 Å². The summed E-state index contributed by atoms with van der Waals surface area (Å²) in [7, 11) is 3.58. The summed E-state index contributed by atoms with van der Waals surface area (Å²) in [4.78, 5) is 13.9. The molecular weight excluding hydrogens is 232 g/mol. The van der Waals surface area contributed by atoms with Gasteiger partial charge in [-0.2, -0.15) is 0 Å². The number of carbonyl (C=O) groups is 1. The molecule has 0 spiro atoms. The summed E-state index contributed by atoms with van der Waals surface area (Å²) < 4.78 is 10.4. The minimum atomic E-state index is -0.0866. The molecule has 0 saturated heterocycles. The van der Waals surface area contributed by atoms with E-state index in [1.807, 2.05) is 14.0 Å². The molecule has 18 heavy (non-hydrogen) atoms. The van der Waals surface area contributed by atoms with Crippen LogP contribution in [-0.4, -0.2) is 42.3 Å². The summed E-state index contributed by atoms with van der Waals surface area (Å²) in [6, 6.07) is 1.95. The van der Waals surface area contributed by atoms with Crippen LogP contribution in [0.15, 0.2) is 10.6 Å². The van der Waals surface area contributed by atoms with Gasteiger partial charge in [-0.3, -0.25) is 4.79 Å². The molecule has 5 heteroatoms. The number of rotatable bonds is 3. The Morgan fingerprint density at radius 2 is 2.11 bits per heavy atom. The van der Waals surface area contributed by atoms with Crippen LogP contribution in [0.2, 0.25) is 0 Å². The summed E-state index contributed by atoms with van der Waals surface area (Å²) in [5.74, 6) is 0.236. The van der Waals surface area contributed by atoms with Gasteiger partial charge in [-0.15, -0.1) is 0 Å². The average molecular weight is 252 g/mol. The molecule has 0 aliphatic heterocycles. The van der Waals surface area contributed by atoms with Crippen LogP contribution >= 0.6 is 0 Å². The number of nitrogens with zero attached hydrogens (tertiary/aromatic N) is 2. The molecule has 100 valence electrons. The number of hydrogen-bond acceptors (Lipinski definition) is 4. The first-order valence-corrected chi connectivity index (χ1v) is 6.35. The molecule has 5 nitrogen and oxygen atoms in total. The topological polar surface area (TPSA) is 55.6 Å². The molecule has 1 amide bonds. The molecule has 0 atom stereocenters. The lowest BCUT2D eigenvalue weighted by atomic mass is 9.92. The van der Waals surface area contributed by atoms with Gasteiger partial charge < -0.3 is 14.2 Å². The van der Waals surface area contributed by atoms with Crippen LogP contribution in [0.3, 0.4) is 0 Å². The van der Waals surface area contributed by atoms with Gasteiger partial charge in [0.1, 0.15) is 0 Å². The largest absolute Gasteiger partial charge is 0.381 e. The lowest BCUT2D eigenvalue weighted by Gasteiger charge is -2.33. The first kappa shape index (κ1) is 13.1. The monoisotopic (exact) mass is 252 g/mol. The third-order valence-electron chi connectivity index (χ3n) is 3.68. The highest BCUT2D eigenvalue weighted by Crippen LogP contribution is 2.25. The maximum atomic E-state index is 12.2. The average Bonchev–Trinajstić information content (AvgIpc) is 2.84. The van der Waals surface area contributed by atoms with Crippen LogP contribution in [0, 0.1) is 6.92 Å². The van der Waals surface area contributed by atoms with Crippen LogP contribution in [0.25, 0.3) is 0 Å². The SMILES string of the molecule is COC1CCC(N(C)C(=O)c2cc(C)no2)CC1. The summed E-state index contributed by atoms with van der Waals surface area (Å²) in [6.45, 7) is 1.81. The number of methoxy groups -OCH3 is 1. The van der Waals surface area contributed by atoms with Gasteiger partial charge in [0.25, 0.3) is 5.91 Å². The molecule has 1 saturated carbocycles. The number of aryl methyl sites for hydroxylation is 1. The second-order valence-corrected chi connectivity index (χ2v) is 4.91. The number of hydrogen-bond donors (Lipinski definition) is 0. The second kappa shape index (κ2) is 5.52. The van der Waals surface area contributed by atoms with Crippen molar-refractivity contribution in [3.8, 4) is 0 Å². The maximum absolute atomic E-state index is 12.2. The fraction of sp³-hybridized carbons (Fsp3) is 0.692. The lowest BCUT2D eigenvalue weighted by molar-refractivity contribution is 0.0369. The van der Waals surface area contributed by atoms with Crippen molar-refractivity contribution in [2.45, 2.75) is 44.8 Å². The van der Waals surface area contributed by atoms with Gasteiger partial charge in [-0.25, -0.2) is 0 Å². The smallest absolute Gasteiger partial charge is 0.292 e. The van der Waals surface area contributed by atoms with Crippen molar-refractivity contribution >= 4 is 5.91 Å². The van der Waals surface area contributed by atoms with Gasteiger partial charge in [0.15, 0.2) is 0 Å². The Kier molecular flexibility index (Phi) is 4.01. The van der Waals surface area contributed by atoms with E-state index in [4.69, 9.17) is 9.26 Å². The van der Waals surface area contributed by atoms with Crippen LogP contribution in [0.4, 0.5) is 0 Å². The standard InChI is InChI=1S/C13H20N2O3/c1-9-8-12(18-14-9)13(16)15(2)10-4-6-11(17-3)7-5-10/h8,10-11H,4-7H2,1-3H3. The van der Waals surface area contributed by atoms with Crippen molar-refractivity contribution in [2.24, 2.45) is 0 Å². The van der Waals surface area contributed by atoms with E-state index in [2.05, 4.69) is 5.16 Å². The summed E-state index contributed by atoms with van der Waals surface area (Å²) >= 11 is 0. The predicted octanol–water partition coefficient (Wildman–Crippen LogP) is 2.01. The quantitative estimate of drug-likeness (QED) is 0.825. The normalized spacial score (nSPS) is 23.9. The van der Waals surface area contributed by atoms with Crippen molar-refractivity contribution in [3.05, 3.63) is 17.5 Å². The first-order chi connectivity index (χ1) is 8.61. The Balaban J connectivity index is 1.95. The van der Waals surface area contributed by atoms with E-state index in [1.54, 1.807) is 18.1 Å². The maximum Gasteiger partial charge on any atom is 0.292 e. The molecule has 2 rings (SSSR count). The van der Waals surface area contributed by atoms with Crippen molar-refractivity contribution in [2.75, 3.05) is 14.2 Å². The van der Waals surface area contributed by atoms with E-state index in [-0.39, 0.29) is 11.9 Å². The summed E-state index contributed by atoms with van der Waals surface area (Å²) in [6.07, 6.45) is 4.32. The van der Waals surface area contributed by atoms with E-state index < -0.39 is 0 Å². The van der Waals surface area contributed by atoms with Gasteiger partial charge >= 0.3 is 0 Å². The van der Waals surface area contributed by atoms with Gasteiger partial charge in [-0.1, -0.05) is 5.16 Å². The zero-order valence-corrected chi connectivity index (χ0v) is 11.2. The minimum absolute atomic E-state index is 0.0866. The van der Waals surface area contributed by atoms with Crippen LogP contribution in [0.5, 0.6) is 0 Å². The van der Waals surface area contributed by atoms with Gasteiger partial charge in [0.2, 0.25) is 5.76 Å². The third-order valence-corrected chi connectivity index (χ3v) is 3.68. The molecule has 1 aromatic heterocycles. The van der Waals surface area contributed by atoms with Crippen molar-refractivity contribution in [3.63, 3.8) is 0 Å². The number of amides is 1. The van der Waals surface area contributed by atoms with E-state index >= 15 is 0 Å². The fourth-order valence-corrected chi connectivity index (χ4v) is 2.47. The number of aromatic nitrogens is 1. The molecule has 0 unspecified atom stereocenters. The van der Waals surface area contributed by atoms with Crippen molar-refractivity contribution in [1.82, 2.24) is 10.1 Å². The molecule has 1 aromatic rings. The lowest BCUT2D eigenvalue weighted by Crippen LogP contribution is -2.40. The van der Waals surface area contributed by atoms with Crippen molar-refractivity contribution in [1.29, 1.82) is 0 Å². The zero-order chi connectivity index (χ0) is 13.1. The van der Waals surface area contributed by atoms with Gasteiger partial charge in [0.05, 0.1) is 11.8 Å². The van der Waals surface area contributed by atoms with Crippen molar-refractivity contribution < 1.29 is 14.1 Å². The van der Waals surface area contributed by atoms with Gasteiger partial charge in [-0.05, 0) is 32.6 Å². The number of ether oxygens (including phenoxy) is 1. The molecule has 1 aliphatic rings. The highest BCUT2D eigenvalue weighted by Gasteiger charge is 2.28. The fourth-order valence-electron chi connectivity index (χ4n) is 2.47. The van der Waals surface area contributed by atoms with E-state index in [9.17, 15) is 4.79 Å². The number of carbonyl (C=O) groups excluding carboxylic acids is 1. The first-order valence-electron chi connectivity index (χ1n) is 6.35. The molecule has 0 N–H and O–H groups in total. The summed E-state index contributed by atoms with van der Waals surface area (Å²) in [5, 5.41) is 3.75. The van der Waals surface area contributed by atoms with Gasteiger partial charge in [0, 0.05) is 26.3 Å². The van der Waals surface area contributed by atoms with Crippen LogP contribution in [0.1, 0.15) is 41.9 Å². The Hall–Kier alpha value is -1.36. The molecule has 0 radical (unpaired) electrons. The Labute approximate surface area is 107 Å². The van der Waals surface area contributed by atoms with E-state index in [0.717, 1.165) is 31.4 Å². The molecular formula is C13H20N2O3. The van der Waals surface area contributed by atoms with Crippen LogP contribution in [-0.2, 0) is 4.74 Å². The molecule has 1 fully saturated rings. The Morgan fingerprint density at radius 1 is 1.44 bits per heavy atom. The molecule has 0 aromatic carbocycles. The predicted molar refractivity (Wildman–Crippen MR) is 66.4 cm³/mol. The molecule has 1 heterocycles. The van der Waals surface area contributed by atoms with E-state index in [1.165, 1.54) is 0 Å². The summed E-state index contributed by atoms with van der Waals surface area (Å²) in [5.41, 5.74) is 0.731. The zero-order valence-electron chi connectivity index (χ0n) is 11.2. The minimum Gasteiger partial charge on any atom is -0.381 e. The third kappa shape index (κ3) is 2.72. The second-order valence-electron chi connectivity index (χ2n) is 4.91.